The first-order valence-corrected chi connectivity index (χ1v) is 9.21. The summed E-state index contributed by atoms with van der Waals surface area (Å²) in [5, 5.41) is 4.05. The lowest BCUT2D eigenvalue weighted by atomic mass is 9.99. The summed E-state index contributed by atoms with van der Waals surface area (Å²) in [5.74, 6) is 0. The molecule has 0 unspecified atom stereocenters. The summed E-state index contributed by atoms with van der Waals surface area (Å²) in [6.45, 7) is 0. The zero-order valence-corrected chi connectivity index (χ0v) is 13.0. The van der Waals surface area contributed by atoms with E-state index in [1.807, 2.05) is 0 Å². The van der Waals surface area contributed by atoms with E-state index in [-0.39, 0.29) is 0 Å². The zero-order valence-electron chi connectivity index (χ0n) is 13.0. The van der Waals surface area contributed by atoms with Crippen LogP contribution in [0.2, 0.25) is 0 Å². The second-order valence-corrected chi connectivity index (χ2v) is 6.96. The smallest absolute Gasteiger partial charge is 0.00696 e. The fraction of sp³-hybridized carbons (Fsp3) is 1.00. The summed E-state index contributed by atoms with van der Waals surface area (Å²) in [5.41, 5.74) is 0. The van der Waals surface area contributed by atoms with Crippen LogP contribution in [0.3, 0.4) is 0 Å². The number of hydrogen-bond donors (Lipinski definition) is 1. The highest BCUT2D eigenvalue weighted by atomic mass is 14.9. The minimum atomic E-state index is 0.837. The third-order valence-electron chi connectivity index (χ3n) is 5.18. The summed E-state index contributed by atoms with van der Waals surface area (Å²) in [4.78, 5) is 0. The number of rotatable bonds is 2. The molecule has 1 nitrogen and oxygen atoms in total. The molecular weight excluding hydrogens is 230 g/mol. The van der Waals surface area contributed by atoms with Gasteiger partial charge in [0.1, 0.15) is 0 Å². The Hall–Kier alpha value is -0.0400. The first-order valence-electron chi connectivity index (χ1n) is 9.21. The Morgan fingerprint density at radius 3 is 0.947 bits per heavy atom. The maximum Gasteiger partial charge on any atom is 0.00696 e. The molecule has 2 fully saturated rings. The molecule has 0 bridgehead atoms. The molecule has 0 heterocycles. The van der Waals surface area contributed by atoms with Crippen LogP contribution in [0.4, 0.5) is 0 Å². The Bertz CT molecular complexity index is 172. The molecule has 0 aromatic rings. The van der Waals surface area contributed by atoms with Gasteiger partial charge in [-0.3, -0.25) is 0 Å². The Labute approximate surface area is 120 Å². The van der Waals surface area contributed by atoms with Gasteiger partial charge in [0, 0.05) is 12.1 Å². The van der Waals surface area contributed by atoms with Crippen LogP contribution in [0.25, 0.3) is 0 Å². The van der Waals surface area contributed by atoms with Crippen molar-refractivity contribution in [3.05, 3.63) is 0 Å². The number of nitrogens with one attached hydrogen (secondary N) is 1. The van der Waals surface area contributed by atoms with Crippen LogP contribution in [-0.2, 0) is 0 Å². The van der Waals surface area contributed by atoms with Crippen molar-refractivity contribution in [3.63, 3.8) is 0 Å². The third kappa shape index (κ3) is 6.79. The quantitative estimate of drug-likeness (QED) is 0.687. The second-order valence-electron chi connectivity index (χ2n) is 6.96. The van der Waals surface area contributed by atoms with Gasteiger partial charge in [0.05, 0.1) is 0 Å². The highest BCUT2D eigenvalue weighted by Crippen LogP contribution is 2.21. The predicted molar refractivity (Wildman–Crippen MR) is 84.6 cm³/mol. The fourth-order valence-corrected chi connectivity index (χ4v) is 3.93. The lowest BCUT2D eigenvalue weighted by Gasteiger charge is -2.25. The maximum absolute atomic E-state index is 4.05. The van der Waals surface area contributed by atoms with Gasteiger partial charge in [-0.05, 0) is 25.7 Å². The van der Waals surface area contributed by atoms with E-state index in [1.54, 1.807) is 0 Å². The summed E-state index contributed by atoms with van der Waals surface area (Å²) in [7, 11) is 0. The molecule has 112 valence electrons. The molecule has 0 spiro atoms. The first kappa shape index (κ1) is 15.4. The highest BCUT2D eigenvalue weighted by molar-refractivity contribution is 4.76. The van der Waals surface area contributed by atoms with E-state index < -0.39 is 0 Å². The minimum absolute atomic E-state index is 0.837. The van der Waals surface area contributed by atoms with Gasteiger partial charge in [-0.15, -0.1) is 0 Å². The van der Waals surface area contributed by atoms with Crippen molar-refractivity contribution in [1.29, 1.82) is 0 Å². The van der Waals surface area contributed by atoms with Gasteiger partial charge < -0.3 is 5.32 Å². The maximum atomic E-state index is 4.05. The van der Waals surface area contributed by atoms with Crippen LogP contribution in [0.15, 0.2) is 0 Å². The molecule has 2 aliphatic carbocycles. The van der Waals surface area contributed by atoms with Gasteiger partial charge in [0.15, 0.2) is 0 Å². The molecule has 2 saturated carbocycles. The lowest BCUT2D eigenvalue weighted by Crippen LogP contribution is -2.38. The Kier molecular flexibility index (Phi) is 7.92. The second kappa shape index (κ2) is 9.80. The van der Waals surface area contributed by atoms with E-state index in [4.69, 9.17) is 0 Å². The van der Waals surface area contributed by atoms with Crippen molar-refractivity contribution < 1.29 is 0 Å². The lowest BCUT2D eigenvalue weighted by molar-refractivity contribution is 0.344. The Morgan fingerprint density at radius 2 is 0.632 bits per heavy atom. The van der Waals surface area contributed by atoms with Gasteiger partial charge in [-0.1, -0.05) is 77.0 Å². The van der Waals surface area contributed by atoms with Gasteiger partial charge in [-0.2, -0.15) is 0 Å². The molecule has 0 aromatic carbocycles. The molecule has 1 N–H and O–H groups in total. The van der Waals surface area contributed by atoms with Crippen LogP contribution in [0.5, 0.6) is 0 Å². The summed E-state index contributed by atoms with van der Waals surface area (Å²) >= 11 is 0. The molecule has 0 atom stereocenters. The fourth-order valence-electron chi connectivity index (χ4n) is 3.93. The van der Waals surface area contributed by atoms with E-state index in [2.05, 4.69) is 5.32 Å². The van der Waals surface area contributed by atoms with Gasteiger partial charge in [-0.25, -0.2) is 0 Å². The van der Waals surface area contributed by atoms with Gasteiger partial charge >= 0.3 is 0 Å². The molecule has 0 aliphatic heterocycles. The van der Waals surface area contributed by atoms with E-state index in [0.717, 1.165) is 12.1 Å². The van der Waals surface area contributed by atoms with Crippen molar-refractivity contribution in [2.24, 2.45) is 0 Å². The molecular formula is C18H35N. The van der Waals surface area contributed by atoms with Gasteiger partial charge in [0.25, 0.3) is 0 Å². The molecule has 0 saturated heterocycles. The van der Waals surface area contributed by atoms with Crippen LogP contribution >= 0.6 is 0 Å². The summed E-state index contributed by atoms with van der Waals surface area (Å²) in [6.07, 6.45) is 23.4. The molecule has 1 heteroatoms. The standard InChI is InChI=1S/C18H35N/c1-2-6-10-14-17(13-9-5-1)19-18-15-11-7-3-4-8-12-16-18/h17-19H,1-16H2. The molecule has 2 aliphatic rings. The normalized spacial score (nSPS) is 26.5. The molecule has 0 radical (unpaired) electrons. The SMILES string of the molecule is C1CCCCC(NC2CCCCCCCC2)CCC1. The minimum Gasteiger partial charge on any atom is -0.311 e. The number of hydrogen-bond acceptors (Lipinski definition) is 1. The largest absolute Gasteiger partial charge is 0.311 e. The van der Waals surface area contributed by atoms with Gasteiger partial charge in [0.2, 0.25) is 0 Å². The monoisotopic (exact) mass is 265 g/mol. The van der Waals surface area contributed by atoms with Crippen LogP contribution in [0, 0.1) is 0 Å². The average molecular weight is 265 g/mol. The predicted octanol–water partition coefficient (Wildman–Crippen LogP) is 5.58. The van der Waals surface area contributed by atoms with Crippen molar-refractivity contribution in [2.45, 2.75) is 115 Å². The molecule has 19 heavy (non-hydrogen) atoms. The molecule has 0 amide bonds. The Morgan fingerprint density at radius 1 is 0.368 bits per heavy atom. The summed E-state index contributed by atoms with van der Waals surface area (Å²) < 4.78 is 0. The van der Waals surface area contributed by atoms with Crippen molar-refractivity contribution in [2.75, 3.05) is 0 Å². The van der Waals surface area contributed by atoms with Crippen LogP contribution < -0.4 is 5.32 Å². The van der Waals surface area contributed by atoms with Crippen LogP contribution in [0.1, 0.15) is 103 Å². The van der Waals surface area contributed by atoms with Crippen molar-refractivity contribution in [1.82, 2.24) is 5.32 Å². The van der Waals surface area contributed by atoms with E-state index in [1.165, 1.54) is 103 Å². The van der Waals surface area contributed by atoms with Crippen molar-refractivity contribution >= 4 is 0 Å². The van der Waals surface area contributed by atoms with E-state index in [9.17, 15) is 0 Å². The first-order chi connectivity index (χ1) is 9.45. The molecule has 2 rings (SSSR count). The highest BCUT2D eigenvalue weighted by Gasteiger charge is 2.16. The zero-order chi connectivity index (χ0) is 13.2. The topological polar surface area (TPSA) is 12.0 Å². The van der Waals surface area contributed by atoms with Crippen LogP contribution in [-0.4, -0.2) is 12.1 Å². The summed E-state index contributed by atoms with van der Waals surface area (Å²) in [6, 6.07) is 1.67. The average Bonchev–Trinajstić information content (AvgIpc) is 2.62. The Balaban J connectivity index is 1.74. The third-order valence-corrected chi connectivity index (χ3v) is 5.18. The molecule has 0 aromatic heterocycles. The van der Waals surface area contributed by atoms with E-state index in [0.29, 0.717) is 0 Å². The van der Waals surface area contributed by atoms with Crippen molar-refractivity contribution in [3.8, 4) is 0 Å². The van der Waals surface area contributed by atoms with E-state index >= 15 is 0 Å².